The largest absolute Gasteiger partial charge is 0.377 e. The van der Waals surface area contributed by atoms with Gasteiger partial charge in [0.1, 0.15) is 0 Å². The van der Waals surface area contributed by atoms with Gasteiger partial charge in [0.25, 0.3) is 0 Å². The van der Waals surface area contributed by atoms with Crippen LogP contribution in [0.15, 0.2) is 30.3 Å². The first-order chi connectivity index (χ1) is 6.36. The molecule has 0 aliphatic carbocycles. The van der Waals surface area contributed by atoms with Crippen molar-refractivity contribution in [3.05, 3.63) is 30.3 Å². The summed E-state index contributed by atoms with van der Waals surface area (Å²) in [5.41, 5.74) is 0.945. The Balaban J connectivity index is 1.98. The van der Waals surface area contributed by atoms with Crippen molar-refractivity contribution in [2.24, 2.45) is 0 Å². The summed E-state index contributed by atoms with van der Waals surface area (Å²) in [5.74, 6) is 0. The summed E-state index contributed by atoms with van der Waals surface area (Å²) in [6.07, 6.45) is -0.434. The predicted octanol–water partition coefficient (Wildman–Crippen LogP) is 2.18. The molecule has 0 bridgehead atoms. The zero-order chi connectivity index (χ0) is 9.10. The Kier molecular flexibility index (Phi) is 2.45. The number of ether oxygens (including phenoxy) is 1. The second kappa shape index (κ2) is 3.75. The second-order valence-corrected chi connectivity index (χ2v) is 3.13. The number of nitrogens with one attached hydrogen (secondary N) is 1. The van der Waals surface area contributed by atoms with Crippen molar-refractivity contribution in [3.63, 3.8) is 0 Å². The fraction of sp³-hybridized carbons (Fsp3) is 0.400. The van der Waals surface area contributed by atoms with Crippen LogP contribution in [0.3, 0.4) is 0 Å². The highest BCUT2D eigenvalue weighted by molar-refractivity contribution is 5.43. The first-order valence-electron chi connectivity index (χ1n) is 4.43. The minimum Gasteiger partial charge on any atom is -0.377 e. The average molecular weight is 181 g/mol. The number of alkyl halides is 1. The van der Waals surface area contributed by atoms with Crippen LogP contribution in [-0.4, -0.2) is 19.0 Å². The third-order valence-electron chi connectivity index (χ3n) is 2.15. The quantitative estimate of drug-likeness (QED) is 0.755. The van der Waals surface area contributed by atoms with Crippen molar-refractivity contribution in [3.8, 4) is 0 Å². The predicted molar refractivity (Wildman–Crippen MR) is 49.3 cm³/mol. The van der Waals surface area contributed by atoms with E-state index < -0.39 is 6.36 Å². The summed E-state index contributed by atoms with van der Waals surface area (Å²) < 4.78 is 17.8. The van der Waals surface area contributed by atoms with E-state index >= 15 is 0 Å². The van der Waals surface area contributed by atoms with Crippen molar-refractivity contribution >= 4 is 5.69 Å². The van der Waals surface area contributed by atoms with Gasteiger partial charge in [0, 0.05) is 5.69 Å². The Labute approximate surface area is 76.7 Å². The monoisotopic (exact) mass is 181 g/mol. The van der Waals surface area contributed by atoms with Crippen molar-refractivity contribution in [1.82, 2.24) is 0 Å². The van der Waals surface area contributed by atoms with Crippen LogP contribution in [0.4, 0.5) is 10.1 Å². The van der Waals surface area contributed by atoms with E-state index in [0.717, 1.165) is 12.1 Å². The Morgan fingerprint density at radius 2 is 2.08 bits per heavy atom. The molecule has 0 radical (unpaired) electrons. The van der Waals surface area contributed by atoms with E-state index in [9.17, 15) is 4.39 Å². The van der Waals surface area contributed by atoms with Crippen LogP contribution >= 0.6 is 0 Å². The van der Waals surface area contributed by atoms with Crippen LogP contribution in [-0.2, 0) is 4.74 Å². The molecule has 2 atom stereocenters. The van der Waals surface area contributed by atoms with Gasteiger partial charge in [-0.1, -0.05) is 18.2 Å². The molecule has 70 valence electrons. The molecule has 3 heteroatoms. The number of hydrogen-bond acceptors (Lipinski definition) is 2. The van der Waals surface area contributed by atoms with Gasteiger partial charge in [-0.15, -0.1) is 0 Å². The maximum absolute atomic E-state index is 13.0. The molecule has 1 aromatic carbocycles. The molecule has 2 unspecified atom stereocenters. The zero-order valence-corrected chi connectivity index (χ0v) is 7.24. The Morgan fingerprint density at radius 3 is 2.69 bits per heavy atom. The van der Waals surface area contributed by atoms with Gasteiger partial charge < -0.3 is 10.1 Å². The minimum atomic E-state index is -1.17. The highest BCUT2D eigenvalue weighted by Gasteiger charge is 2.27. The molecular formula is C10H12FNO. The lowest BCUT2D eigenvalue weighted by Gasteiger charge is -2.14. The maximum atomic E-state index is 13.0. The van der Waals surface area contributed by atoms with Gasteiger partial charge in [-0.2, -0.15) is 0 Å². The van der Waals surface area contributed by atoms with Crippen LogP contribution in [0.2, 0.25) is 0 Å². The molecule has 1 heterocycles. The highest BCUT2D eigenvalue weighted by Crippen LogP contribution is 2.19. The lowest BCUT2D eigenvalue weighted by atomic mass is 10.2. The smallest absolute Gasteiger partial charge is 0.219 e. The summed E-state index contributed by atoms with van der Waals surface area (Å²) in [4.78, 5) is 0. The van der Waals surface area contributed by atoms with Crippen molar-refractivity contribution in [2.75, 3.05) is 11.9 Å². The van der Waals surface area contributed by atoms with Crippen LogP contribution in [0.5, 0.6) is 0 Å². The summed E-state index contributed by atoms with van der Waals surface area (Å²) in [7, 11) is 0. The van der Waals surface area contributed by atoms with Crippen LogP contribution < -0.4 is 5.32 Å². The molecule has 0 aromatic heterocycles. The molecule has 1 aliphatic rings. The Morgan fingerprint density at radius 1 is 1.31 bits per heavy atom. The summed E-state index contributed by atoms with van der Waals surface area (Å²) in [6.45, 7) is 0.506. The first-order valence-corrected chi connectivity index (χ1v) is 4.43. The van der Waals surface area contributed by atoms with E-state index in [0.29, 0.717) is 6.61 Å². The molecule has 1 fully saturated rings. The van der Waals surface area contributed by atoms with E-state index in [2.05, 4.69) is 5.32 Å². The minimum absolute atomic E-state index is 0.192. The zero-order valence-electron chi connectivity index (χ0n) is 7.24. The van der Waals surface area contributed by atoms with E-state index in [4.69, 9.17) is 4.74 Å². The van der Waals surface area contributed by atoms with Crippen LogP contribution in [0.1, 0.15) is 6.42 Å². The van der Waals surface area contributed by atoms with Crippen LogP contribution in [0, 0.1) is 0 Å². The van der Waals surface area contributed by atoms with E-state index in [1.54, 1.807) is 0 Å². The number of rotatable bonds is 2. The highest BCUT2D eigenvalue weighted by atomic mass is 19.1. The SMILES string of the molecule is FC1OCCC1Nc1ccccc1. The maximum Gasteiger partial charge on any atom is 0.219 e. The second-order valence-electron chi connectivity index (χ2n) is 3.13. The Bertz CT molecular complexity index is 265. The van der Waals surface area contributed by atoms with Crippen molar-refractivity contribution < 1.29 is 9.13 Å². The number of halogens is 1. The van der Waals surface area contributed by atoms with Crippen molar-refractivity contribution in [1.29, 1.82) is 0 Å². The number of para-hydroxylation sites is 1. The molecule has 0 spiro atoms. The number of hydrogen-bond donors (Lipinski definition) is 1. The Hall–Kier alpha value is -1.09. The molecule has 2 nitrogen and oxygen atoms in total. The molecule has 2 rings (SSSR count). The van der Waals surface area contributed by atoms with Gasteiger partial charge in [0.05, 0.1) is 12.6 Å². The van der Waals surface area contributed by atoms with E-state index in [-0.39, 0.29) is 6.04 Å². The van der Waals surface area contributed by atoms with Gasteiger partial charge in [-0.05, 0) is 18.6 Å². The fourth-order valence-electron chi connectivity index (χ4n) is 1.44. The molecule has 0 amide bonds. The molecule has 1 aromatic rings. The molecule has 1 N–H and O–H groups in total. The molecule has 0 saturated carbocycles. The third-order valence-corrected chi connectivity index (χ3v) is 2.15. The van der Waals surface area contributed by atoms with Crippen molar-refractivity contribution in [2.45, 2.75) is 18.8 Å². The van der Waals surface area contributed by atoms with Gasteiger partial charge in [-0.25, -0.2) is 4.39 Å². The molecular weight excluding hydrogens is 169 g/mol. The lowest BCUT2D eigenvalue weighted by Crippen LogP contribution is -2.25. The summed E-state index contributed by atoms with van der Waals surface area (Å²) in [6, 6.07) is 9.43. The molecule has 1 aliphatic heterocycles. The molecule has 1 saturated heterocycles. The summed E-state index contributed by atoms with van der Waals surface area (Å²) >= 11 is 0. The first kappa shape index (κ1) is 8.51. The normalized spacial score (nSPS) is 27.5. The fourth-order valence-corrected chi connectivity index (χ4v) is 1.44. The third kappa shape index (κ3) is 1.98. The van der Waals surface area contributed by atoms with Gasteiger partial charge >= 0.3 is 0 Å². The summed E-state index contributed by atoms with van der Waals surface area (Å²) in [5, 5.41) is 3.09. The van der Waals surface area contributed by atoms with E-state index in [1.807, 2.05) is 30.3 Å². The average Bonchev–Trinajstić information content (AvgIpc) is 2.54. The van der Waals surface area contributed by atoms with E-state index in [1.165, 1.54) is 0 Å². The lowest BCUT2D eigenvalue weighted by molar-refractivity contribution is 0.00461. The number of benzene rings is 1. The van der Waals surface area contributed by atoms with Crippen LogP contribution in [0.25, 0.3) is 0 Å². The topological polar surface area (TPSA) is 21.3 Å². The van der Waals surface area contributed by atoms with Gasteiger partial charge in [-0.3, -0.25) is 0 Å². The van der Waals surface area contributed by atoms with Gasteiger partial charge in [0.15, 0.2) is 0 Å². The number of anilines is 1. The molecule has 13 heavy (non-hydrogen) atoms. The standard InChI is InChI=1S/C10H12FNO/c11-10-9(6-7-13-10)12-8-4-2-1-3-5-8/h1-5,9-10,12H,6-7H2. The van der Waals surface area contributed by atoms with Gasteiger partial charge in [0.2, 0.25) is 6.36 Å².